The average molecular weight is 535 g/mol. The summed E-state index contributed by atoms with van der Waals surface area (Å²) in [5.74, 6) is -0.0461. The standard InChI is InChI=1S/C33H43FN2O3/c1-3-5-7-9-11-13-15-26-24-35-32(36-25-26)27-16-19-29(20-17-27)39-33(37)28-18-21-31(30(34)23-28)38-22-14-12-10-8-6-4-2/h16-21,23-25H,3-15,22H2,1-2H3. The molecule has 210 valence electrons. The van der Waals surface area contributed by atoms with Crippen molar-refractivity contribution in [1.82, 2.24) is 9.97 Å². The molecule has 1 aromatic heterocycles. The monoisotopic (exact) mass is 534 g/mol. The van der Waals surface area contributed by atoms with E-state index in [4.69, 9.17) is 9.47 Å². The van der Waals surface area contributed by atoms with Gasteiger partial charge in [-0.3, -0.25) is 0 Å². The molecule has 0 aliphatic rings. The van der Waals surface area contributed by atoms with Crippen LogP contribution >= 0.6 is 0 Å². The fraction of sp³-hybridized carbons (Fsp3) is 0.485. The van der Waals surface area contributed by atoms with Crippen molar-refractivity contribution < 1.29 is 18.7 Å². The van der Waals surface area contributed by atoms with E-state index in [0.717, 1.165) is 42.9 Å². The number of halogens is 1. The first kappa shape index (κ1) is 30.3. The van der Waals surface area contributed by atoms with Gasteiger partial charge in [0.15, 0.2) is 17.4 Å². The number of hydrogen-bond donors (Lipinski definition) is 0. The maximum absolute atomic E-state index is 14.5. The highest BCUT2D eigenvalue weighted by atomic mass is 19.1. The molecule has 2 aromatic carbocycles. The fourth-order valence-electron chi connectivity index (χ4n) is 4.39. The van der Waals surface area contributed by atoms with Gasteiger partial charge in [0.1, 0.15) is 5.75 Å². The van der Waals surface area contributed by atoms with E-state index in [1.54, 1.807) is 12.1 Å². The van der Waals surface area contributed by atoms with Crippen molar-refractivity contribution >= 4 is 5.97 Å². The Morgan fingerprint density at radius 3 is 2.03 bits per heavy atom. The third kappa shape index (κ3) is 10.8. The molecule has 0 spiro atoms. The van der Waals surface area contributed by atoms with Crippen molar-refractivity contribution in [2.24, 2.45) is 0 Å². The Morgan fingerprint density at radius 1 is 0.769 bits per heavy atom. The van der Waals surface area contributed by atoms with E-state index < -0.39 is 11.8 Å². The Morgan fingerprint density at radius 2 is 1.38 bits per heavy atom. The molecule has 5 nitrogen and oxygen atoms in total. The molecule has 0 saturated carbocycles. The maximum atomic E-state index is 14.5. The minimum absolute atomic E-state index is 0.132. The van der Waals surface area contributed by atoms with Crippen molar-refractivity contribution in [3.8, 4) is 22.9 Å². The predicted molar refractivity (Wildman–Crippen MR) is 155 cm³/mol. The van der Waals surface area contributed by atoms with Crippen LogP contribution in [0.25, 0.3) is 11.4 Å². The van der Waals surface area contributed by atoms with Crippen LogP contribution in [0.1, 0.15) is 107 Å². The summed E-state index contributed by atoms with van der Waals surface area (Å²) in [6, 6.07) is 11.2. The van der Waals surface area contributed by atoms with Gasteiger partial charge in [-0.15, -0.1) is 0 Å². The van der Waals surface area contributed by atoms with Crippen LogP contribution in [0.3, 0.4) is 0 Å². The Labute approximate surface area is 233 Å². The predicted octanol–water partition coefficient (Wildman–Crippen LogP) is 9.14. The lowest BCUT2D eigenvalue weighted by atomic mass is 10.1. The summed E-state index contributed by atoms with van der Waals surface area (Å²) in [6.07, 6.45) is 19.2. The zero-order valence-corrected chi connectivity index (χ0v) is 23.6. The van der Waals surface area contributed by atoms with Crippen molar-refractivity contribution in [1.29, 1.82) is 0 Å². The molecule has 0 N–H and O–H groups in total. The molecule has 6 heteroatoms. The van der Waals surface area contributed by atoms with E-state index >= 15 is 0 Å². The summed E-state index contributed by atoms with van der Waals surface area (Å²) in [4.78, 5) is 21.6. The van der Waals surface area contributed by atoms with Crippen LogP contribution in [-0.4, -0.2) is 22.5 Å². The second-order valence-corrected chi connectivity index (χ2v) is 10.1. The Bertz CT molecular complexity index is 1120. The zero-order chi connectivity index (χ0) is 27.7. The summed E-state index contributed by atoms with van der Waals surface area (Å²) in [5, 5.41) is 0. The summed E-state index contributed by atoms with van der Waals surface area (Å²) >= 11 is 0. The topological polar surface area (TPSA) is 61.3 Å². The lowest BCUT2D eigenvalue weighted by Crippen LogP contribution is -2.09. The van der Waals surface area contributed by atoms with Gasteiger partial charge in [-0.2, -0.15) is 0 Å². The molecule has 0 aliphatic carbocycles. The van der Waals surface area contributed by atoms with Crippen molar-refractivity contribution in [2.45, 2.75) is 97.3 Å². The molecule has 0 atom stereocenters. The highest BCUT2D eigenvalue weighted by Gasteiger charge is 2.13. The lowest BCUT2D eigenvalue weighted by molar-refractivity contribution is 0.0734. The number of benzene rings is 2. The first-order valence-corrected chi connectivity index (χ1v) is 14.7. The number of aryl methyl sites for hydroxylation is 1. The van der Waals surface area contributed by atoms with Gasteiger partial charge in [-0.25, -0.2) is 19.2 Å². The molecule has 39 heavy (non-hydrogen) atoms. The van der Waals surface area contributed by atoms with Gasteiger partial charge >= 0.3 is 5.97 Å². The molecule has 0 amide bonds. The number of nitrogens with zero attached hydrogens (tertiary/aromatic N) is 2. The Kier molecular flexibility index (Phi) is 13.5. The van der Waals surface area contributed by atoms with Crippen LogP contribution < -0.4 is 9.47 Å². The third-order valence-corrected chi connectivity index (χ3v) is 6.77. The van der Waals surface area contributed by atoms with Gasteiger partial charge in [-0.05, 0) is 67.3 Å². The van der Waals surface area contributed by atoms with E-state index in [0.29, 0.717) is 18.2 Å². The van der Waals surface area contributed by atoms with Crippen LogP contribution in [0.4, 0.5) is 4.39 Å². The van der Waals surface area contributed by atoms with Crippen LogP contribution in [0, 0.1) is 5.82 Å². The first-order chi connectivity index (χ1) is 19.1. The van der Waals surface area contributed by atoms with Gasteiger partial charge < -0.3 is 9.47 Å². The second kappa shape index (κ2) is 17.3. The number of ether oxygens (including phenoxy) is 2. The normalized spacial score (nSPS) is 10.9. The van der Waals surface area contributed by atoms with Crippen LogP contribution in [0.5, 0.6) is 11.5 Å². The minimum Gasteiger partial charge on any atom is -0.491 e. The molecule has 0 fully saturated rings. The third-order valence-electron chi connectivity index (χ3n) is 6.77. The lowest BCUT2D eigenvalue weighted by Gasteiger charge is -2.09. The molecule has 3 aromatic rings. The highest BCUT2D eigenvalue weighted by Crippen LogP contribution is 2.23. The summed E-state index contributed by atoms with van der Waals surface area (Å²) in [6.45, 7) is 4.88. The molecular weight excluding hydrogens is 491 g/mol. The molecular formula is C33H43FN2O3. The van der Waals surface area contributed by atoms with Crippen LogP contribution in [0.15, 0.2) is 54.9 Å². The molecule has 0 radical (unpaired) electrons. The van der Waals surface area contributed by atoms with Crippen molar-refractivity contribution in [3.63, 3.8) is 0 Å². The van der Waals surface area contributed by atoms with Crippen LogP contribution in [-0.2, 0) is 6.42 Å². The maximum Gasteiger partial charge on any atom is 0.343 e. The Balaban J connectivity index is 1.44. The molecule has 0 bridgehead atoms. The number of esters is 1. The number of hydrogen-bond acceptors (Lipinski definition) is 5. The van der Waals surface area contributed by atoms with Gasteiger partial charge in [-0.1, -0.05) is 78.1 Å². The Hall–Kier alpha value is -3.28. The van der Waals surface area contributed by atoms with E-state index in [1.807, 2.05) is 24.5 Å². The minimum atomic E-state index is -0.626. The number of aromatic nitrogens is 2. The van der Waals surface area contributed by atoms with Gasteiger partial charge in [0.05, 0.1) is 12.2 Å². The number of rotatable bonds is 18. The quantitative estimate of drug-likeness (QED) is 0.0925. The number of carbonyl (C=O) groups is 1. The van der Waals surface area contributed by atoms with Gasteiger partial charge in [0.2, 0.25) is 0 Å². The van der Waals surface area contributed by atoms with Gasteiger partial charge in [0.25, 0.3) is 0 Å². The second-order valence-electron chi connectivity index (χ2n) is 10.1. The van der Waals surface area contributed by atoms with E-state index in [-0.39, 0.29) is 11.3 Å². The molecule has 0 unspecified atom stereocenters. The highest BCUT2D eigenvalue weighted by molar-refractivity contribution is 5.91. The molecule has 3 rings (SSSR count). The average Bonchev–Trinajstić information content (AvgIpc) is 2.96. The van der Waals surface area contributed by atoms with Gasteiger partial charge in [0, 0.05) is 18.0 Å². The SMILES string of the molecule is CCCCCCCCOc1ccc(C(=O)Oc2ccc(-c3ncc(CCCCCCCC)cn3)cc2)cc1F. The largest absolute Gasteiger partial charge is 0.491 e. The summed E-state index contributed by atoms with van der Waals surface area (Å²) in [5.41, 5.74) is 2.11. The molecule has 0 aliphatic heterocycles. The number of unbranched alkanes of at least 4 members (excludes halogenated alkanes) is 10. The smallest absolute Gasteiger partial charge is 0.343 e. The summed E-state index contributed by atoms with van der Waals surface area (Å²) in [7, 11) is 0. The van der Waals surface area contributed by atoms with Crippen molar-refractivity contribution in [2.75, 3.05) is 6.61 Å². The fourth-order valence-corrected chi connectivity index (χ4v) is 4.39. The number of carbonyl (C=O) groups excluding carboxylic acids is 1. The van der Waals surface area contributed by atoms with E-state index in [1.165, 1.54) is 69.9 Å². The molecule has 0 saturated heterocycles. The first-order valence-electron chi connectivity index (χ1n) is 14.7. The van der Waals surface area contributed by atoms with Crippen LogP contribution in [0.2, 0.25) is 0 Å². The van der Waals surface area contributed by atoms with E-state index in [9.17, 15) is 9.18 Å². The van der Waals surface area contributed by atoms with Crippen molar-refractivity contribution in [3.05, 3.63) is 71.8 Å². The summed E-state index contributed by atoms with van der Waals surface area (Å²) < 4.78 is 25.5. The zero-order valence-electron chi connectivity index (χ0n) is 23.6. The molecule has 1 heterocycles. The van der Waals surface area contributed by atoms with E-state index in [2.05, 4.69) is 23.8 Å².